The summed E-state index contributed by atoms with van der Waals surface area (Å²) in [5.74, 6) is -0.514. The van der Waals surface area contributed by atoms with E-state index in [9.17, 15) is 14.4 Å². The average Bonchev–Trinajstić information content (AvgIpc) is 2.61. The van der Waals surface area contributed by atoms with Gasteiger partial charge in [0.1, 0.15) is 6.04 Å². The molecule has 130 valence electrons. The molecule has 6 nitrogen and oxygen atoms in total. The second-order valence-electron chi connectivity index (χ2n) is 5.66. The number of urea groups is 1. The van der Waals surface area contributed by atoms with Crippen LogP contribution in [-0.2, 0) is 11.3 Å². The van der Waals surface area contributed by atoms with Gasteiger partial charge >= 0.3 is 6.03 Å². The molecule has 1 atom stereocenters. The van der Waals surface area contributed by atoms with Gasteiger partial charge in [-0.15, -0.1) is 0 Å². The smallest absolute Gasteiger partial charge is 0.321 e. The number of hydrogen-bond acceptors (Lipinski definition) is 4. The Balaban J connectivity index is 1.84. The van der Waals surface area contributed by atoms with E-state index < -0.39 is 18.0 Å². The van der Waals surface area contributed by atoms with E-state index in [1.165, 1.54) is 6.92 Å². The molecule has 2 rings (SSSR count). The molecule has 0 spiro atoms. The minimum Gasteiger partial charge on any atom is -0.374 e. The molecule has 0 heterocycles. The van der Waals surface area contributed by atoms with Gasteiger partial charge in [0, 0.05) is 17.8 Å². The van der Waals surface area contributed by atoms with Crippen LogP contribution in [0.2, 0.25) is 0 Å². The summed E-state index contributed by atoms with van der Waals surface area (Å²) in [4.78, 5) is 35.3. The molecule has 25 heavy (non-hydrogen) atoms. The largest absolute Gasteiger partial charge is 0.374 e. The van der Waals surface area contributed by atoms with Crippen LogP contribution in [0.1, 0.15) is 29.8 Å². The average molecular weight is 339 g/mol. The molecule has 0 aliphatic carbocycles. The number of anilines is 1. The van der Waals surface area contributed by atoms with Crippen LogP contribution >= 0.6 is 0 Å². The number of ketones is 1. The first-order chi connectivity index (χ1) is 12.0. The molecule has 0 fully saturated rings. The van der Waals surface area contributed by atoms with E-state index in [1.807, 2.05) is 30.3 Å². The van der Waals surface area contributed by atoms with Crippen LogP contribution in [0.25, 0.3) is 0 Å². The van der Waals surface area contributed by atoms with Gasteiger partial charge in [0.2, 0.25) is 5.91 Å². The lowest BCUT2D eigenvalue weighted by Crippen LogP contribution is -2.45. The molecule has 1 unspecified atom stereocenters. The summed E-state index contributed by atoms with van der Waals surface area (Å²) < 4.78 is 0. The lowest BCUT2D eigenvalue weighted by molar-refractivity contribution is -0.120. The van der Waals surface area contributed by atoms with E-state index >= 15 is 0 Å². The molecule has 0 saturated carbocycles. The molecular formula is C19H21N3O3. The third kappa shape index (κ3) is 5.76. The standard InChI is InChI=1S/C19H21N3O3/c1-13(21-17-10-6-9-16(11-17)14(2)23)18(24)22-19(25)20-12-15-7-4-3-5-8-15/h3-11,13,21H,12H2,1-2H3,(H2,20,22,24,25). The summed E-state index contributed by atoms with van der Waals surface area (Å²) in [5, 5.41) is 7.89. The van der Waals surface area contributed by atoms with E-state index in [2.05, 4.69) is 16.0 Å². The molecule has 2 aromatic carbocycles. The first-order valence-corrected chi connectivity index (χ1v) is 7.96. The summed E-state index contributed by atoms with van der Waals surface area (Å²) >= 11 is 0. The third-order valence-electron chi connectivity index (χ3n) is 3.58. The molecule has 2 aromatic rings. The molecule has 0 aromatic heterocycles. The Bertz CT molecular complexity index is 760. The molecule has 0 radical (unpaired) electrons. The molecule has 0 saturated heterocycles. The van der Waals surface area contributed by atoms with Crippen LogP contribution in [0.5, 0.6) is 0 Å². The SMILES string of the molecule is CC(=O)c1cccc(NC(C)C(=O)NC(=O)NCc2ccccc2)c1. The van der Waals surface area contributed by atoms with Crippen molar-refractivity contribution in [1.29, 1.82) is 0 Å². The van der Waals surface area contributed by atoms with Gasteiger partial charge < -0.3 is 10.6 Å². The lowest BCUT2D eigenvalue weighted by atomic mass is 10.1. The van der Waals surface area contributed by atoms with Crippen molar-refractivity contribution in [1.82, 2.24) is 10.6 Å². The van der Waals surface area contributed by atoms with Crippen molar-refractivity contribution < 1.29 is 14.4 Å². The highest BCUT2D eigenvalue weighted by molar-refractivity contribution is 5.98. The Labute approximate surface area is 146 Å². The Morgan fingerprint density at radius 2 is 1.72 bits per heavy atom. The van der Waals surface area contributed by atoms with E-state index in [-0.39, 0.29) is 5.78 Å². The minimum atomic E-state index is -0.635. The second kappa shape index (κ2) is 8.63. The van der Waals surface area contributed by atoms with Crippen LogP contribution < -0.4 is 16.0 Å². The number of benzene rings is 2. The fraction of sp³-hybridized carbons (Fsp3) is 0.211. The van der Waals surface area contributed by atoms with Crippen molar-refractivity contribution in [3.63, 3.8) is 0 Å². The molecule has 0 bridgehead atoms. The maximum atomic E-state index is 12.1. The van der Waals surface area contributed by atoms with Crippen LogP contribution in [-0.4, -0.2) is 23.8 Å². The molecule has 6 heteroatoms. The Morgan fingerprint density at radius 1 is 1.00 bits per heavy atom. The quantitative estimate of drug-likeness (QED) is 0.706. The van der Waals surface area contributed by atoms with Crippen molar-refractivity contribution in [3.8, 4) is 0 Å². The van der Waals surface area contributed by atoms with Gasteiger partial charge in [0.25, 0.3) is 0 Å². The third-order valence-corrected chi connectivity index (χ3v) is 3.58. The number of nitrogens with one attached hydrogen (secondary N) is 3. The Kier molecular flexibility index (Phi) is 6.28. The topological polar surface area (TPSA) is 87.3 Å². The second-order valence-corrected chi connectivity index (χ2v) is 5.66. The maximum absolute atomic E-state index is 12.1. The van der Waals surface area contributed by atoms with Crippen LogP contribution in [0.4, 0.5) is 10.5 Å². The normalized spacial score (nSPS) is 11.3. The number of Topliss-reactive ketones (excluding diaryl/α,β-unsaturated/α-hetero) is 1. The summed E-state index contributed by atoms with van der Waals surface area (Å²) in [5.41, 5.74) is 2.13. The molecule has 0 aliphatic rings. The summed E-state index contributed by atoms with van der Waals surface area (Å²) in [7, 11) is 0. The summed E-state index contributed by atoms with van der Waals surface area (Å²) in [6.45, 7) is 3.45. The van der Waals surface area contributed by atoms with E-state index in [1.54, 1.807) is 31.2 Å². The lowest BCUT2D eigenvalue weighted by Gasteiger charge is -2.15. The van der Waals surface area contributed by atoms with Crippen molar-refractivity contribution >= 4 is 23.4 Å². The number of carbonyl (C=O) groups is 3. The van der Waals surface area contributed by atoms with Crippen molar-refractivity contribution in [3.05, 3.63) is 65.7 Å². The summed E-state index contributed by atoms with van der Waals surface area (Å²) in [6.07, 6.45) is 0. The molecule has 3 amide bonds. The fourth-order valence-corrected chi connectivity index (χ4v) is 2.19. The van der Waals surface area contributed by atoms with Crippen molar-refractivity contribution in [2.45, 2.75) is 26.4 Å². The van der Waals surface area contributed by atoms with Gasteiger partial charge in [-0.25, -0.2) is 4.79 Å². The highest BCUT2D eigenvalue weighted by Crippen LogP contribution is 2.12. The first-order valence-electron chi connectivity index (χ1n) is 7.96. The van der Waals surface area contributed by atoms with Gasteiger partial charge in [-0.3, -0.25) is 14.9 Å². The zero-order chi connectivity index (χ0) is 18.2. The molecular weight excluding hydrogens is 318 g/mol. The molecule has 0 aliphatic heterocycles. The number of hydrogen-bond donors (Lipinski definition) is 3. The zero-order valence-electron chi connectivity index (χ0n) is 14.2. The van der Waals surface area contributed by atoms with Gasteiger partial charge in [0.15, 0.2) is 5.78 Å². The van der Waals surface area contributed by atoms with Gasteiger partial charge in [-0.05, 0) is 31.5 Å². The first kappa shape index (κ1) is 18.2. The minimum absolute atomic E-state index is 0.0546. The van der Waals surface area contributed by atoms with Crippen LogP contribution in [0.3, 0.4) is 0 Å². The van der Waals surface area contributed by atoms with Gasteiger partial charge in [-0.1, -0.05) is 42.5 Å². The predicted octanol–water partition coefficient (Wildman–Crippen LogP) is 2.72. The highest BCUT2D eigenvalue weighted by atomic mass is 16.2. The summed E-state index contributed by atoms with van der Waals surface area (Å²) in [6, 6.07) is 15.1. The van der Waals surface area contributed by atoms with E-state index in [4.69, 9.17) is 0 Å². The van der Waals surface area contributed by atoms with Crippen LogP contribution in [0, 0.1) is 0 Å². The zero-order valence-corrected chi connectivity index (χ0v) is 14.2. The number of rotatable bonds is 6. The Hall–Kier alpha value is -3.15. The number of amides is 3. The maximum Gasteiger partial charge on any atom is 0.321 e. The van der Waals surface area contributed by atoms with E-state index in [0.717, 1.165) is 5.56 Å². The highest BCUT2D eigenvalue weighted by Gasteiger charge is 2.15. The Morgan fingerprint density at radius 3 is 2.40 bits per heavy atom. The van der Waals surface area contributed by atoms with E-state index in [0.29, 0.717) is 17.8 Å². The monoisotopic (exact) mass is 339 g/mol. The van der Waals surface area contributed by atoms with Crippen molar-refractivity contribution in [2.24, 2.45) is 0 Å². The molecule has 3 N–H and O–H groups in total. The van der Waals surface area contributed by atoms with Crippen LogP contribution in [0.15, 0.2) is 54.6 Å². The number of carbonyl (C=O) groups excluding carboxylic acids is 3. The number of imide groups is 1. The fourth-order valence-electron chi connectivity index (χ4n) is 2.19. The predicted molar refractivity (Wildman–Crippen MR) is 96.4 cm³/mol. The van der Waals surface area contributed by atoms with Gasteiger partial charge in [0.05, 0.1) is 0 Å². The van der Waals surface area contributed by atoms with Gasteiger partial charge in [-0.2, -0.15) is 0 Å². The van der Waals surface area contributed by atoms with Crippen molar-refractivity contribution in [2.75, 3.05) is 5.32 Å².